The van der Waals surface area contributed by atoms with Crippen LogP contribution in [-0.4, -0.2) is 33.8 Å². The second kappa shape index (κ2) is 9.48. The fourth-order valence-corrected chi connectivity index (χ4v) is 4.51. The Kier molecular flexibility index (Phi) is 7.04. The van der Waals surface area contributed by atoms with Gasteiger partial charge in [0.25, 0.3) is 0 Å². The van der Waals surface area contributed by atoms with E-state index in [1.165, 1.54) is 34.2 Å². The maximum Gasteiger partial charge on any atom is 0.210 e. The molecule has 0 unspecified atom stereocenters. The van der Waals surface area contributed by atoms with Gasteiger partial charge in [-0.15, -0.1) is 21.5 Å². The molecule has 0 bridgehead atoms. The lowest BCUT2D eigenvalue weighted by atomic mass is 10.1. The summed E-state index contributed by atoms with van der Waals surface area (Å²) in [6.07, 6.45) is -0.528. The Labute approximate surface area is 165 Å². The van der Waals surface area contributed by atoms with Gasteiger partial charge in [0.15, 0.2) is 4.34 Å². The van der Waals surface area contributed by atoms with Crippen LogP contribution in [0.15, 0.2) is 40.1 Å². The van der Waals surface area contributed by atoms with Gasteiger partial charge in [-0.05, 0) is 48.6 Å². The van der Waals surface area contributed by atoms with E-state index in [0.29, 0.717) is 19.0 Å². The highest BCUT2D eigenvalue weighted by atomic mass is 32.2. The molecule has 0 aliphatic rings. The van der Waals surface area contributed by atoms with Gasteiger partial charge in [0.05, 0.1) is 19.3 Å². The molecule has 26 heavy (non-hydrogen) atoms. The second-order valence-electron chi connectivity index (χ2n) is 5.86. The normalized spacial score (nSPS) is 12.3. The molecule has 0 aliphatic heterocycles. The highest BCUT2D eigenvalue weighted by molar-refractivity contribution is 8.01. The first-order valence-corrected chi connectivity index (χ1v) is 10.9. The van der Waals surface area contributed by atoms with Crippen LogP contribution in [0, 0.1) is 13.8 Å². The average molecular weight is 408 g/mol. The van der Waals surface area contributed by atoms with Gasteiger partial charge in [-0.1, -0.05) is 35.2 Å². The van der Waals surface area contributed by atoms with Gasteiger partial charge in [0.2, 0.25) is 5.13 Å². The quantitative estimate of drug-likeness (QED) is 0.504. The minimum Gasteiger partial charge on any atom is -0.390 e. The molecule has 1 atom stereocenters. The lowest BCUT2D eigenvalue weighted by Crippen LogP contribution is -2.17. The number of aromatic nitrogens is 2. The first-order chi connectivity index (χ1) is 12.6. The number of benzene rings is 1. The van der Waals surface area contributed by atoms with Crippen molar-refractivity contribution >= 4 is 45.3 Å². The number of aliphatic hydroxyl groups excluding tert-OH is 1. The van der Waals surface area contributed by atoms with E-state index in [0.717, 1.165) is 20.0 Å². The number of ether oxygens (including phenoxy) is 1. The highest BCUT2D eigenvalue weighted by Gasteiger charge is 2.10. The van der Waals surface area contributed by atoms with Crippen molar-refractivity contribution in [3.63, 3.8) is 0 Å². The average Bonchev–Trinajstić information content (AvgIpc) is 3.28. The lowest BCUT2D eigenvalue weighted by Gasteiger charge is -2.09. The Morgan fingerprint density at radius 2 is 2.12 bits per heavy atom. The molecule has 0 saturated heterocycles. The molecule has 0 fully saturated rings. The number of thioether (sulfide) groups is 1. The van der Waals surface area contributed by atoms with E-state index in [9.17, 15) is 5.11 Å². The number of hydrogen-bond donors (Lipinski definition) is 2. The number of rotatable bonds is 9. The van der Waals surface area contributed by atoms with Crippen molar-refractivity contribution in [2.45, 2.75) is 30.9 Å². The smallest absolute Gasteiger partial charge is 0.210 e. The zero-order chi connectivity index (χ0) is 18.4. The molecule has 0 saturated carbocycles. The monoisotopic (exact) mass is 407 g/mol. The van der Waals surface area contributed by atoms with Gasteiger partial charge in [-0.25, -0.2) is 0 Å². The maximum absolute atomic E-state index is 10.0. The molecule has 2 aromatic heterocycles. The molecule has 0 aliphatic carbocycles. The second-order valence-corrected chi connectivity index (χ2v) is 9.13. The summed E-state index contributed by atoms with van der Waals surface area (Å²) in [6.45, 7) is 5.04. The summed E-state index contributed by atoms with van der Waals surface area (Å²) in [5, 5.41) is 24.4. The third-order valence-corrected chi connectivity index (χ3v) is 6.67. The number of aryl methyl sites for hydroxylation is 2. The Bertz CT molecular complexity index is 821. The molecule has 5 nitrogen and oxygen atoms in total. The zero-order valence-corrected chi connectivity index (χ0v) is 17.1. The van der Waals surface area contributed by atoms with Gasteiger partial charge >= 0.3 is 0 Å². The Morgan fingerprint density at radius 1 is 1.23 bits per heavy atom. The number of thiophene rings is 1. The molecule has 0 amide bonds. The maximum atomic E-state index is 10.0. The zero-order valence-electron chi connectivity index (χ0n) is 14.6. The fourth-order valence-electron chi connectivity index (χ4n) is 2.17. The molecule has 2 heterocycles. The first-order valence-electron chi connectivity index (χ1n) is 8.19. The van der Waals surface area contributed by atoms with Crippen LogP contribution in [0.5, 0.6) is 0 Å². The van der Waals surface area contributed by atoms with E-state index in [2.05, 4.69) is 41.5 Å². The molecular weight excluding hydrogens is 386 g/mol. The van der Waals surface area contributed by atoms with E-state index in [-0.39, 0.29) is 0 Å². The molecule has 0 spiro atoms. The van der Waals surface area contributed by atoms with Crippen LogP contribution < -0.4 is 5.32 Å². The van der Waals surface area contributed by atoms with E-state index >= 15 is 0 Å². The van der Waals surface area contributed by atoms with Gasteiger partial charge in [-0.2, -0.15) is 0 Å². The van der Waals surface area contributed by atoms with Crippen LogP contribution >= 0.6 is 34.4 Å². The van der Waals surface area contributed by atoms with Crippen molar-refractivity contribution in [1.82, 2.24) is 10.2 Å². The minimum absolute atomic E-state index is 0.317. The minimum atomic E-state index is -0.528. The molecule has 0 radical (unpaired) electrons. The lowest BCUT2D eigenvalue weighted by molar-refractivity contribution is 0.0409. The fraction of sp³-hybridized carbons (Fsp3) is 0.333. The summed E-state index contributed by atoms with van der Waals surface area (Å²) < 4.78 is 6.36. The summed E-state index contributed by atoms with van der Waals surface area (Å²) in [7, 11) is 0. The Balaban J connectivity index is 1.42. The molecule has 1 aromatic carbocycles. The SMILES string of the molecule is Cc1ccc(Nc2nnc(SC[C@@H](O)COCc3cccs3)s2)cc1C. The summed E-state index contributed by atoms with van der Waals surface area (Å²) in [5.74, 6) is 0.530. The van der Waals surface area contributed by atoms with Crippen LogP contribution in [0.1, 0.15) is 16.0 Å². The molecule has 2 N–H and O–H groups in total. The Morgan fingerprint density at radius 3 is 2.88 bits per heavy atom. The number of anilines is 2. The van der Waals surface area contributed by atoms with Gasteiger partial charge in [-0.3, -0.25) is 0 Å². The van der Waals surface area contributed by atoms with Crippen molar-refractivity contribution < 1.29 is 9.84 Å². The topological polar surface area (TPSA) is 67.3 Å². The van der Waals surface area contributed by atoms with Crippen molar-refractivity contribution in [1.29, 1.82) is 0 Å². The molecule has 138 valence electrons. The van der Waals surface area contributed by atoms with Crippen molar-refractivity contribution in [3.8, 4) is 0 Å². The predicted molar refractivity (Wildman–Crippen MR) is 110 cm³/mol. The number of nitrogens with one attached hydrogen (secondary N) is 1. The van der Waals surface area contributed by atoms with E-state index in [1.54, 1.807) is 11.3 Å². The van der Waals surface area contributed by atoms with Crippen molar-refractivity contribution in [2.75, 3.05) is 17.7 Å². The number of nitrogens with zero attached hydrogens (tertiary/aromatic N) is 2. The van der Waals surface area contributed by atoms with Crippen LogP contribution in [-0.2, 0) is 11.3 Å². The molecule has 8 heteroatoms. The molecular formula is C18H21N3O2S3. The van der Waals surface area contributed by atoms with Gasteiger partial charge < -0.3 is 15.2 Å². The van der Waals surface area contributed by atoms with Crippen LogP contribution in [0.4, 0.5) is 10.8 Å². The van der Waals surface area contributed by atoms with E-state index in [1.807, 2.05) is 23.6 Å². The van der Waals surface area contributed by atoms with Crippen molar-refractivity contribution in [2.24, 2.45) is 0 Å². The van der Waals surface area contributed by atoms with Crippen LogP contribution in [0.2, 0.25) is 0 Å². The third-order valence-electron chi connectivity index (χ3n) is 3.70. The van der Waals surface area contributed by atoms with Gasteiger partial charge in [0, 0.05) is 16.3 Å². The highest BCUT2D eigenvalue weighted by Crippen LogP contribution is 2.28. The molecule has 3 aromatic rings. The van der Waals surface area contributed by atoms with E-state index in [4.69, 9.17) is 4.74 Å². The molecule has 3 rings (SSSR count). The number of aliphatic hydroxyl groups is 1. The third kappa shape index (κ3) is 5.78. The number of hydrogen-bond acceptors (Lipinski definition) is 8. The van der Waals surface area contributed by atoms with Gasteiger partial charge in [0.1, 0.15) is 0 Å². The van der Waals surface area contributed by atoms with Crippen molar-refractivity contribution in [3.05, 3.63) is 51.7 Å². The van der Waals surface area contributed by atoms with Crippen LogP contribution in [0.3, 0.4) is 0 Å². The summed E-state index contributed by atoms with van der Waals surface area (Å²) in [6, 6.07) is 10.2. The standard InChI is InChI=1S/C18H21N3O2S3/c1-12-5-6-14(8-13(12)2)19-17-20-21-18(26-17)25-11-15(22)9-23-10-16-4-3-7-24-16/h3-8,15,22H,9-11H2,1-2H3,(H,19,20)/t15-/m0/s1. The Hall–Kier alpha value is -1.45. The van der Waals surface area contributed by atoms with E-state index < -0.39 is 6.10 Å². The predicted octanol–water partition coefficient (Wildman–Crippen LogP) is 4.63. The first kappa shape index (κ1) is 19.3. The summed E-state index contributed by atoms with van der Waals surface area (Å²) in [5.41, 5.74) is 3.50. The van der Waals surface area contributed by atoms with Crippen LogP contribution in [0.25, 0.3) is 0 Å². The summed E-state index contributed by atoms with van der Waals surface area (Å²) in [4.78, 5) is 1.16. The largest absolute Gasteiger partial charge is 0.390 e. The summed E-state index contributed by atoms with van der Waals surface area (Å²) >= 11 is 4.63.